The van der Waals surface area contributed by atoms with Crippen LogP contribution in [0.15, 0.2) is 0 Å². The summed E-state index contributed by atoms with van der Waals surface area (Å²) in [6.07, 6.45) is 0.848. The van der Waals surface area contributed by atoms with Gasteiger partial charge in [0.15, 0.2) is 0 Å². The average Bonchev–Trinajstić information content (AvgIpc) is 2.21. The summed E-state index contributed by atoms with van der Waals surface area (Å²) in [7, 11) is 0. The molecule has 0 aliphatic carbocycles. The van der Waals surface area contributed by atoms with Crippen LogP contribution in [0.3, 0.4) is 0 Å². The van der Waals surface area contributed by atoms with Crippen LogP contribution in [0, 0.1) is 5.92 Å². The second-order valence-corrected chi connectivity index (χ2v) is 7.04. The minimum Gasteiger partial charge on any atom is -0.375 e. The number of rotatable bonds is 9. The Morgan fingerprint density at radius 1 is 0.842 bits per heavy atom. The highest BCUT2D eigenvalue weighted by Gasteiger charge is 2.29. The molecule has 0 aliphatic rings. The van der Waals surface area contributed by atoms with Crippen LogP contribution in [0.25, 0.3) is 0 Å². The van der Waals surface area contributed by atoms with Crippen LogP contribution in [0.2, 0.25) is 0 Å². The molecule has 0 heterocycles. The minimum atomic E-state index is -0.238. The maximum Gasteiger partial charge on any atom is 0.0674 e. The zero-order valence-corrected chi connectivity index (χ0v) is 13.8. The van der Waals surface area contributed by atoms with Gasteiger partial charge in [-0.15, -0.1) is 0 Å². The van der Waals surface area contributed by atoms with Gasteiger partial charge in [-0.3, -0.25) is 0 Å². The number of nitrogens with two attached hydrogens (primary N) is 2. The maximum absolute atomic E-state index is 6.00. The van der Waals surface area contributed by atoms with E-state index in [9.17, 15) is 0 Å². The van der Waals surface area contributed by atoms with Crippen molar-refractivity contribution in [3.8, 4) is 0 Å². The van der Waals surface area contributed by atoms with Crippen LogP contribution in [0.1, 0.15) is 54.9 Å². The van der Waals surface area contributed by atoms with Gasteiger partial charge in [0.05, 0.1) is 24.4 Å². The summed E-state index contributed by atoms with van der Waals surface area (Å²) in [5.74, 6) is 0.290. The normalized spacial score (nSPS) is 18.2. The zero-order chi connectivity index (χ0) is 15.3. The van der Waals surface area contributed by atoms with Gasteiger partial charge in [0.25, 0.3) is 0 Å². The fraction of sp³-hybridized carbons (Fsp3) is 1.00. The van der Waals surface area contributed by atoms with Crippen LogP contribution in [0.4, 0.5) is 0 Å². The smallest absolute Gasteiger partial charge is 0.0674 e. The SMILES string of the molecule is CC(N)COC(C)(C)C(C)COC(C)(C)CC(C)N. The van der Waals surface area contributed by atoms with E-state index in [0.717, 1.165) is 6.42 Å². The van der Waals surface area contributed by atoms with E-state index in [4.69, 9.17) is 20.9 Å². The van der Waals surface area contributed by atoms with Crippen LogP contribution in [-0.2, 0) is 9.47 Å². The van der Waals surface area contributed by atoms with Gasteiger partial charge in [0.2, 0.25) is 0 Å². The summed E-state index contributed by atoms with van der Waals surface area (Å²) < 4.78 is 11.9. The molecule has 3 unspecified atom stereocenters. The highest BCUT2D eigenvalue weighted by Crippen LogP contribution is 2.25. The summed E-state index contributed by atoms with van der Waals surface area (Å²) in [6.45, 7) is 15.7. The molecule has 0 saturated heterocycles. The Hall–Kier alpha value is -0.160. The molecule has 0 rings (SSSR count). The molecule has 116 valence electrons. The summed E-state index contributed by atoms with van der Waals surface area (Å²) in [5.41, 5.74) is 11.1. The first kappa shape index (κ1) is 18.8. The first-order chi connectivity index (χ1) is 8.46. The van der Waals surface area contributed by atoms with Crippen molar-refractivity contribution in [1.29, 1.82) is 0 Å². The molecule has 0 fully saturated rings. The van der Waals surface area contributed by atoms with E-state index in [1.165, 1.54) is 0 Å². The lowest BCUT2D eigenvalue weighted by Gasteiger charge is -2.35. The number of hydrogen-bond donors (Lipinski definition) is 2. The lowest BCUT2D eigenvalue weighted by molar-refractivity contribution is -0.110. The Morgan fingerprint density at radius 2 is 1.37 bits per heavy atom. The molecule has 0 bridgehead atoms. The first-order valence-electron chi connectivity index (χ1n) is 7.25. The quantitative estimate of drug-likeness (QED) is 0.677. The van der Waals surface area contributed by atoms with E-state index in [0.29, 0.717) is 19.1 Å². The van der Waals surface area contributed by atoms with Crippen molar-refractivity contribution in [3.63, 3.8) is 0 Å². The molecule has 0 amide bonds. The van der Waals surface area contributed by atoms with Crippen molar-refractivity contribution in [2.24, 2.45) is 17.4 Å². The molecule has 4 nitrogen and oxygen atoms in total. The molecule has 0 aliphatic heterocycles. The second kappa shape index (κ2) is 7.58. The fourth-order valence-corrected chi connectivity index (χ4v) is 1.87. The molecule has 4 N–H and O–H groups in total. The van der Waals surface area contributed by atoms with E-state index in [1.807, 2.05) is 13.8 Å². The van der Waals surface area contributed by atoms with Gasteiger partial charge in [-0.2, -0.15) is 0 Å². The van der Waals surface area contributed by atoms with E-state index in [1.54, 1.807) is 0 Å². The van der Waals surface area contributed by atoms with E-state index in [2.05, 4.69) is 34.6 Å². The first-order valence-corrected chi connectivity index (χ1v) is 7.25. The van der Waals surface area contributed by atoms with Gasteiger partial charge in [-0.1, -0.05) is 6.92 Å². The van der Waals surface area contributed by atoms with Crippen molar-refractivity contribution in [3.05, 3.63) is 0 Å². The number of hydrogen-bond acceptors (Lipinski definition) is 4. The fourth-order valence-electron chi connectivity index (χ4n) is 1.87. The summed E-state index contributed by atoms with van der Waals surface area (Å²) in [5, 5.41) is 0. The third-order valence-electron chi connectivity index (χ3n) is 3.44. The Labute approximate surface area is 119 Å². The van der Waals surface area contributed by atoms with Gasteiger partial charge in [0, 0.05) is 18.0 Å². The third-order valence-corrected chi connectivity index (χ3v) is 3.44. The Balaban J connectivity index is 4.24. The molecule has 3 atom stereocenters. The molecule has 0 aromatic heterocycles. The molecule has 19 heavy (non-hydrogen) atoms. The van der Waals surface area contributed by atoms with Crippen molar-refractivity contribution >= 4 is 0 Å². The lowest BCUT2D eigenvalue weighted by atomic mass is 9.92. The van der Waals surface area contributed by atoms with Gasteiger partial charge in [-0.05, 0) is 48.0 Å². The van der Waals surface area contributed by atoms with E-state index >= 15 is 0 Å². The number of ether oxygens (including phenoxy) is 2. The van der Waals surface area contributed by atoms with E-state index in [-0.39, 0.29) is 23.3 Å². The lowest BCUT2D eigenvalue weighted by Crippen LogP contribution is -2.41. The van der Waals surface area contributed by atoms with Crippen LogP contribution in [-0.4, -0.2) is 36.5 Å². The van der Waals surface area contributed by atoms with E-state index < -0.39 is 0 Å². The standard InChI is InChI=1S/C15H34N2O2/c1-11(15(6,7)19-10-13(3)17)9-18-14(4,5)8-12(2)16/h11-13H,8-10,16-17H2,1-7H3. The summed E-state index contributed by atoms with van der Waals surface area (Å²) in [4.78, 5) is 0. The molecule has 0 aromatic rings. The van der Waals surface area contributed by atoms with Crippen molar-refractivity contribution < 1.29 is 9.47 Å². The van der Waals surface area contributed by atoms with Gasteiger partial charge in [0.1, 0.15) is 0 Å². The van der Waals surface area contributed by atoms with Gasteiger partial charge in [-0.25, -0.2) is 0 Å². The van der Waals surface area contributed by atoms with Crippen LogP contribution in [0.5, 0.6) is 0 Å². The Kier molecular flexibility index (Phi) is 7.51. The summed E-state index contributed by atoms with van der Waals surface area (Å²) >= 11 is 0. The molecule has 0 radical (unpaired) electrons. The monoisotopic (exact) mass is 274 g/mol. The van der Waals surface area contributed by atoms with Crippen molar-refractivity contribution in [2.75, 3.05) is 13.2 Å². The van der Waals surface area contributed by atoms with Gasteiger partial charge >= 0.3 is 0 Å². The molecule has 0 saturated carbocycles. The van der Waals surface area contributed by atoms with Crippen molar-refractivity contribution in [2.45, 2.75) is 78.2 Å². The van der Waals surface area contributed by atoms with Crippen LogP contribution < -0.4 is 11.5 Å². The molecule has 4 heteroatoms. The molecular weight excluding hydrogens is 240 g/mol. The molecule has 0 spiro atoms. The third kappa shape index (κ3) is 8.58. The second-order valence-electron chi connectivity index (χ2n) is 7.04. The predicted molar refractivity (Wildman–Crippen MR) is 81.1 cm³/mol. The van der Waals surface area contributed by atoms with Crippen molar-refractivity contribution in [1.82, 2.24) is 0 Å². The zero-order valence-electron chi connectivity index (χ0n) is 13.8. The molecule has 0 aromatic carbocycles. The van der Waals surface area contributed by atoms with Gasteiger partial charge < -0.3 is 20.9 Å². The predicted octanol–water partition coefficient (Wildman–Crippen LogP) is 2.30. The summed E-state index contributed by atoms with van der Waals surface area (Å²) in [6, 6.07) is 0.203. The average molecular weight is 274 g/mol. The topological polar surface area (TPSA) is 70.5 Å². The van der Waals surface area contributed by atoms with Crippen LogP contribution >= 0.6 is 0 Å². The maximum atomic E-state index is 6.00. The largest absolute Gasteiger partial charge is 0.375 e. The Bertz CT molecular complexity index is 251. The minimum absolute atomic E-state index is 0.0573. The highest BCUT2D eigenvalue weighted by atomic mass is 16.5. The Morgan fingerprint density at radius 3 is 1.79 bits per heavy atom. The molecular formula is C15H34N2O2. The highest BCUT2D eigenvalue weighted by molar-refractivity contribution is 4.79.